The van der Waals surface area contributed by atoms with Gasteiger partial charge in [0.15, 0.2) is 0 Å². The maximum atomic E-state index is 13.1. The minimum Gasteiger partial charge on any atom is -0.351 e. The van der Waals surface area contributed by atoms with Crippen molar-refractivity contribution in [3.63, 3.8) is 0 Å². The Morgan fingerprint density at radius 2 is 0.587 bits per heavy atom. The zero-order chi connectivity index (χ0) is 33.8. The Bertz CT molecular complexity index is 625. The predicted octanol–water partition coefficient (Wildman–Crippen LogP) is 12.7. The van der Waals surface area contributed by atoms with Crippen LogP contribution in [0.4, 0.5) is 4.79 Å². The molecule has 0 aliphatic carbocycles. The van der Waals surface area contributed by atoms with Crippen molar-refractivity contribution in [2.75, 3.05) is 26.2 Å². The van der Waals surface area contributed by atoms with Crippen LogP contribution < -0.4 is 5.73 Å². The fourth-order valence-corrected chi connectivity index (χ4v) is 6.62. The summed E-state index contributed by atoms with van der Waals surface area (Å²) >= 11 is 0. The molecule has 5 heteroatoms. The summed E-state index contributed by atoms with van der Waals surface area (Å²) in [5.41, 5.74) is 5.70. The molecule has 46 heavy (non-hydrogen) atoms. The lowest BCUT2D eigenvalue weighted by atomic mass is 10.0. The number of nitrogens with two attached hydrogens (primary N) is 1. The minimum absolute atomic E-state index is 0.291. The summed E-state index contributed by atoms with van der Waals surface area (Å²) in [5.74, 6) is 0.335. The topological polar surface area (TPSA) is 66.6 Å². The van der Waals surface area contributed by atoms with Crippen molar-refractivity contribution in [2.24, 2.45) is 5.73 Å². The molecule has 0 heterocycles. The third-order valence-electron chi connectivity index (χ3n) is 9.83. The Morgan fingerprint density at radius 1 is 0.348 bits per heavy atom. The summed E-state index contributed by atoms with van der Waals surface area (Å²) in [4.78, 5) is 29.1. The molecule has 0 aromatic rings. The number of hydrogen-bond donors (Lipinski definition) is 1. The third kappa shape index (κ3) is 31.3. The van der Waals surface area contributed by atoms with Crippen molar-refractivity contribution < 1.29 is 9.59 Å². The van der Waals surface area contributed by atoms with Crippen LogP contribution in [0.3, 0.4) is 0 Å². The molecule has 0 aliphatic rings. The maximum Gasteiger partial charge on any atom is 0.314 e. The van der Waals surface area contributed by atoms with Crippen LogP contribution >= 0.6 is 0 Å². The Balaban J connectivity index is 3.99. The second-order valence-electron chi connectivity index (χ2n) is 14.4. The third-order valence-corrected chi connectivity index (χ3v) is 9.83. The number of carbonyl (C=O) groups excluding carboxylic acids is 2. The Hall–Kier alpha value is -1.26. The van der Waals surface area contributed by atoms with Crippen LogP contribution in [0, 0.1) is 0 Å². The van der Waals surface area contributed by atoms with E-state index < -0.39 is 0 Å². The fourth-order valence-electron chi connectivity index (χ4n) is 6.62. The highest BCUT2D eigenvalue weighted by Gasteiger charge is 2.13. The summed E-state index contributed by atoms with van der Waals surface area (Å²) in [6.45, 7) is 10.2. The van der Waals surface area contributed by atoms with Crippen molar-refractivity contribution >= 4 is 11.9 Å². The average molecular weight is 650 g/mol. The Labute approximate surface area is 289 Å². The second kappa shape index (κ2) is 36.6. The SMILES string of the molecule is CCCCCCCCCCCCCCCCCCN(CCCCCC(=O)N(CCCCCCCC)CCCCCCCC)C(N)=O. The van der Waals surface area contributed by atoms with E-state index in [0.29, 0.717) is 12.3 Å². The first-order valence-electron chi connectivity index (χ1n) is 20.9. The summed E-state index contributed by atoms with van der Waals surface area (Å²) in [6, 6.07) is -0.291. The highest BCUT2D eigenvalue weighted by atomic mass is 16.2. The van der Waals surface area contributed by atoms with E-state index in [2.05, 4.69) is 25.7 Å². The minimum atomic E-state index is -0.291. The van der Waals surface area contributed by atoms with Crippen LogP contribution in [0.15, 0.2) is 0 Å². The lowest BCUT2D eigenvalue weighted by Gasteiger charge is -2.23. The molecule has 0 aliphatic heterocycles. The monoisotopic (exact) mass is 650 g/mol. The van der Waals surface area contributed by atoms with Gasteiger partial charge in [-0.1, -0.05) is 188 Å². The van der Waals surface area contributed by atoms with Gasteiger partial charge >= 0.3 is 6.03 Å². The van der Waals surface area contributed by atoms with Gasteiger partial charge in [0.2, 0.25) is 5.91 Å². The first-order valence-corrected chi connectivity index (χ1v) is 20.9. The first kappa shape index (κ1) is 44.7. The number of urea groups is 1. The van der Waals surface area contributed by atoms with Crippen LogP contribution in [0.2, 0.25) is 0 Å². The lowest BCUT2D eigenvalue weighted by Crippen LogP contribution is -2.37. The van der Waals surface area contributed by atoms with Crippen molar-refractivity contribution in [1.29, 1.82) is 0 Å². The number of amides is 3. The Kier molecular flexibility index (Phi) is 35.6. The zero-order valence-electron chi connectivity index (χ0n) is 31.7. The number of primary amides is 1. The standard InChI is InChI=1S/C41H83N3O2/c1-4-7-10-13-16-17-18-19-20-21-22-23-24-25-28-33-38-44(41(42)46)39-34-29-30-35-40(45)43(36-31-26-14-11-8-5-2)37-32-27-15-12-9-6-3/h4-39H2,1-3H3,(H2,42,46). The Morgan fingerprint density at radius 3 is 0.870 bits per heavy atom. The van der Waals surface area contributed by atoms with Gasteiger partial charge in [0.25, 0.3) is 0 Å². The van der Waals surface area contributed by atoms with Gasteiger partial charge in [0.05, 0.1) is 0 Å². The van der Waals surface area contributed by atoms with Crippen molar-refractivity contribution in [1.82, 2.24) is 9.80 Å². The molecule has 3 amide bonds. The molecule has 0 radical (unpaired) electrons. The van der Waals surface area contributed by atoms with Gasteiger partial charge < -0.3 is 15.5 Å². The van der Waals surface area contributed by atoms with Gasteiger partial charge in [0, 0.05) is 32.6 Å². The zero-order valence-corrected chi connectivity index (χ0v) is 31.7. The highest BCUT2D eigenvalue weighted by molar-refractivity contribution is 5.76. The molecule has 0 bridgehead atoms. The van der Waals surface area contributed by atoms with E-state index in [1.807, 2.05) is 4.90 Å². The summed E-state index contributed by atoms with van der Waals surface area (Å²) < 4.78 is 0. The van der Waals surface area contributed by atoms with E-state index in [1.165, 1.54) is 161 Å². The summed E-state index contributed by atoms with van der Waals surface area (Å²) in [5, 5.41) is 0. The lowest BCUT2D eigenvalue weighted by molar-refractivity contribution is -0.131. The summed E-state index contributed by atoms with van der Waals surface area (Å²) in [7, 11) is 0. The molecule has 5 nitrogen and oxygen atoms in total. The van der Waals surface area contributed by atoms with E-state index >= 15 is 0 Å². The normalized spacial score (nSPS) is 11.3. The number of rotatable bonds is 37. The largest absolute Gasteiger partial charge is 0.351 e. The molecule has 274 valence electrons. The fraction of sp³-hybridized carbons (Fsp3) is 0.951. The van der Waals surface area contributed by atoms with Crippen LogP contribution in [0.25, 0.3) is 0 Å². The van der Waals surface area contributed by atoms with Gasteiger partial charge in [0.1, 0.15) is 0 Å². The first-order chi connectivity index (χ1) is 22.6. The summed E-state index contributed by atoms with van der Waals surface area (Å²) in [6.07, 6.45) is 40.3. The molecule has 0 atom stereocenters. The van der Waals surface area contributed by atoms with Gasteiger partial charge in [-0.05, 0) is 32.1 Å². The molecule has 2 N–H and O–H groups in total. The molecule has 0 saturated heterocycles. The van der Waals surface area contributed by atoms with E-state index in [9.17, 15) is 9.59 Å². The quantitative estimate of drug-likeness (QED) is 0.0680. The van der Waals surface area contributed by atoms with Crippen LogP contribution in [-0.2, 0) is 4.79 Å². The maximum absolute atomic E-state index is 13.1. The number of unbranched alkanes of at least 4 members (excludes halogenated alkanes) is 27. The van der Waals surface area contributed by atoms with Crippen molar-refractivity contribution in [3.05, 3.63) is 0 Å². The smallest absolute Gasteiger partial charge is 0.314 e. The molecule has 0 aromatic heterocycles. The number of hydrogen-bond acceptors (Lipinski definition) is 2. The van der Waals surface area contributed by atoms with E-state index in [0.717, 1.165) is 64.7 Å². The number of carbonyl (C=O) groups is 2. The van der Waals surface area contributed by atoms with Crippen LogP contribution in [-0.4, -0.2) is 47.9 Å². The highest BCUT2D eigenvalue weighted by Crippen LogP contribution is 2.15. The molecular formula is C41H83N3O2. The van der Waals surface area contributed by atoms with E-state index in [4.69, 9.17) is 5.73 Å². The molecule has 0 spiro atoms. The molecule has 0 unspecified atom stereocenters. The van der Waals surface area contributed by atoms with Crippen molar-refractivity contribution in [3.8, 4) is 0 Å². The molecular weight excluding hydrogens is 566 g/mol. The van der Waals surface area contributed by atoms with Gasteiger partial charge in [-0.3, -0.25) is 4.79 Å². The molecule has 0 rings (SSSR count). The predicted molar refractivity (Wildman–Crippen MR) is 203 cm³/mol. The molecule has 0 saturated carbocycles. The van der Waals surface area contributed by atoms with E-state index in [-0.39, 0.29) is 6.03 Å². The van der Waals surface area contributed by atoms with Crippen LogP contribution in [0.5, 0.6) is 0 Å². The van der Waals surface area contributed by atoms with E-state index in [1.54, 1.807) is 0 Å². The number of nitrogens with zero attached hydrogens (tertiary/aromatic N) is 2. The molecule has 0 aromatic carbocycles. The second-order valence-corrected chi connectivity index (χ2v) is 14.4. The van der Waals surface area contributed by atoms with Gasteiger partial charge in [-0.2, -0.15) is 0 Å². The van der Waals surface area contributed by atoms with Crippen molar-refractivity contribution in [2.45, 2.75) is 226 Å². The average Bonchev–Trinajstić information content (AvgIpc) is 3.05. The van der Waals surface area contributed by atoms with Gasteiger partial charge in [-0.25, -0.2) is 4.79 Å². The molecule has 0 fully saturated rings. The van der Waals surface area contributed by atoms with Gasteiger partial charge in [-0.15, -0.1) is 0 Å². The van der Waals surface area contributed by atoms with Crippen LogP contribution in [0.1, 0.15) is 226 Å².